The number of nitrogens with one attached hydrogen (secondary N) is 1. The molecule has 5 aromatic rings. The van der Waals surface area contributed by atoms with Crippen molar-refractivity contribution in [1.82, 2.24) is 5.32 Å². The van der Waals surface area contributed by atoms with Gasteiger partial charge in [-0.05, 0) is 106 Å². The molecule has 8 nitrogen and oxygen atoms in total. The van der Waals surface area contributed by atoms with Gasteiger partial charge in [0.2, 0.25) is 0 Å². The van der Waals surface area contributed by atoms with Crippen LogP contribution in [0.5, 0.6) is 17.2 Å². The number of hydrogen-bond donors (Lipinski definition) is 1. The van der Waals surface area contributed by atoms with Gasteiger partial charge in [0.05, 0.1) is 16.4 Å². The number of halogens is 1. The molecule has 5 aromatic carbocycles. The third-order valence-electron chi connectivity index (χ3n) is 7.92. The van der Waals surface area contributed by atoms with E-state index in [-0.39, 0.29) is 5.57 Å². The third-order valence-corrected chi connectivity index (χ3v) is 8.72. The number of benzene rings is 5. The highest BCUT2D eigenvalue weighted by molar-refractivity contribution is 14.1. The van der Waals surface area contributed by atoms with Crippen molar-refractivity contribution >= 4 is 63.0 Å². The molecule has 0 bridgehead atoms. The minimum absolute atomic E-state index is 0.192. The van der Waals surface area contributed by atoms with Gasteiger partial charge in [-0.3, -0.25) is 14.9 Å². The predicted molar refractivity (Wildman–Crippen MR) is 190 cm³/mol. The molecule has 9 heteroatoms. The molecule has 1 fully saturated rings. The molecular formula is C38H31IN2O6. The zero-order valence-electron chi connectivity index (χ0n) is 26.0. The molecule has 6 rings (SSSR count). The molecule has 4 amide bonds. The lowest BCUT2D eigenvalue weighted by Crippen LogP contribution is -2.54. The van der Waals surface area contributed by atoms with Crippen LogP contribution in [0.2, 0.25) is 0 Å². The zero-order chi connectivity index (χ0) is 33.1. The first kappa shape index (κ1) is 31.8. The van der Waals surface area contributed by atoms with Gasteiger partial charge in [0, 0.05) is 5.56 Å². The first-order chi connectivity index (χ1) is 22.7. The maximum absolute atomic E-state index is 13.6. The van der Waals surface area contributed by atoms with Gasteiger partial charge in [-0.15, -0.1) is 0 Å². The van der Waals surface area contributed by atoms with Crippen molar-refractivity contribution < 1.29 is 28.6 Å². The van der Waals surface area contributed by atoms with E-state index < -0.39 is 17.8 Å². The van der Waals surface area contributed by atoms with Crippen LogP contribution in [-0.4, -0.2) is 25.0 Å². The first-order valence-electron chi connectivity index (χ1n) is 14.9. The molecule has 0 unspecified atom stereocenters. The Bertz CT molecular complexity index is 2040. The second-order valence-corrected chi connectivity index (χ2v) is 12.3. The highest BCUT2D eigenvalue weighted by atomic mass is 127. The number of amides is 4. The van der Waals surface area contributed by atoms with Gasteiger partial charge in [-0.2, -0.15) is 0 Å². The highest BCUT2D eigenvalue weighted by Gasteiger charge is 2.37. The molecular weight excluding hydrogens is 707 g/mol. The molecule has 1 aliphatic heterocycles. The second kappa shape index (κ2) is 13.7. The number of aryl methyl sites for hydroxylation is 2. The van der Waals surface area contributed by atoms with E-state index in [0.717, 1.165) is 41.5 Å². The van der Waals surface area contributed by atoms with Crippen LogP contribution < -0.4 is 24.4 Å². The van der Waals surface area contributed by atoms with E-state index in [1.54, 1.807) is 36.4 Å². The Kier molecular flexibility index (Phi) is 9.26. The average molecular weight is 739 g/mol. The van der Waals surface area contributed by atoms with Gasteiger partial charge in [-0.1, -0.05) is 66.2 Å². The molecule has 236 valence electrons. The molecule has 1 aliphatic rings. The van der Waals surface area contributed by atoms with Crippen LogP contribution in [0.3, 0.4) is 0 Å². The van der Waals surface area contributed by atoms with Crippen molar-refractivity contribution in [2.24, 2.45) is 0 Å². The Balaban J connectivity index is 1.21. The summed E-state index contributed by atoms with van der Waals surface area (Å²) in [5.74, 6) is 0.0384. The second-order valence-electron chi connectivity index (χ2n) is 11.1. The van der Waals surface area contributed by atoms with Crippen LogP contribution in [0.15, 0.2) is 103 Å². The molecule has 0 atom stereocenters. The van der Waals surface area contributed by atoms with E-state index in [9.17, 15) is 14.4 Å². The summed E-state index contributed by atoms with van der Waals surface area (Å²) in [4.78, 5) is 40.2. The molecule has 47 heavy (non-hydrogen) atoms. The number of carbonyl (C=O) groups excluding carboxylic acids is 3. The van der Waals surface area contributed by atoms with Gasteiger partial charge in [0.15, 0.2) is 11.5 Å². The highest BCUT2D eigenvalue weighted by Crippen LogP contribution is 2.36. The number of imide groups is 2. The first-order valence-corrected chi connectivity index (χ1v) is 16.0. The number of ether oxygens (including phenoxy) is 3. The van der Waals surface area contributed by atoms with E-state index >= 15 is 0 Å². The SMILES string of the molecule is COc1cc(/C=C2\C(=O)NC(=O)N(c3ccc(OCc4ccc(C)cc4)cc3)C2=O)cc(I)c1OCc1c(C)ccc2ccccc12. The lowest BCUT2D eigenvalue weighted by molar-refractivity contribution is -0.122. The van der Waals surface area contributed by atoms with Gasteiger partial charge in [0.25, 0.3) is 11.8 Å². The smallest absolute Gasteiger partial charge is 0.335 e. The number of fused-ring (bicyclic) bond motifs is 1. The summed E-state index contributed by atoms with van der Waals surface area (Å²) >= 11 is 2.14. The fourth-order valence-electron chi connectivity index (χ4n) is 5.35. The van der Waals surface area contributed by atoms with Gasteiger partial charge >= 0.3 is 6.03 Å². The molecule has 0 spiro atoms. The van der Waals surface area contributed by atoms with E-state index in [1.165, 1.54) is 13.2 Å². The standard InChI is InChI=1S/C38H31IN2O6/c1-23-8-11-25(12-9-23)21-46-29-16-14-28(15-17-29)41-37(43)31(36(42)40-38(41)44)18-26-19-33(39)35(34(20-26)45-3)47-22-32-24(2)10-13-27-6-4-5-7-30(27)32/h4-20H,21-22H2,1-3H3,(H,40,42,44)/b31-18+. The Morgan fingerprint density at radius 1 is 0.830 bits per heavy atom. The van der Waals surface area contributed by atoms with Crippen LogP contribution >= 0.6 is 22.6 Å². The molecule has 1 N–H and O–H groups in total. The lowest BCUT2D eigenvalue weighted by Gasteiger charge is -2.26. The summed E-state index contributed by atoms with van der Waals surface area (Å²) < 4.78 is 18.6. The Morgan fingerprint density at radius 2 is 1.57 bits per heavy atom. The fourth-order valence-corrected chi connectivity index (χ4v) is 6.13. The Labute approximate surface area is 286 Å². The van der Waals surface area contributed by atoms with Crippen molar-refractivity contribution in [3.8, 4) is 17.2 Å². The molecule has 1 saturated heterocycles. The van der Waals surface area contributed by atoms with Gasteiger partial charge in [-0.25, -0.2) is 9.69 Å². The van der Waals surface area contributed by atoms with E-state index in [0.29, 0.717) is 41.7 Å². The van der Waals surface area contributed by atoms with Crippen molar-refractivity contribution in [3.05, 3.63) is 134 Å². The van der Waals surface area contributed by atoms with Crippen LogP contribution in [0.4, 0.5) is 10.5 Å². The minimum Gasteiger partial charge on any atom is -0.493 e. The van der Waals surface area contributed by atoms with E-state index in [1.807, 2.05) is 43.3 Å². The number of methoxy groups -OCH3 is 1. The number of nitrogens with zero attached hydrogens (tertiary/aromatic N) is 1. The Morgan fingerprint density at radius 3 is 2.32 bits per heavy atom. The normalized spacial score (nSPS) is 14.0. The van der Waals surface area contributed by atoms with E-state index in [4.69, 9.17) is 14.2 Å². The van der Waals surface area contributed by atoms with Crippen molar-refractivity contribution in [1.29, 1.82) is 0 Å². The maximum Gasteiger partial charge on any atom is 0.335 e. The molecule has 1 heterocycles. The fraction of sp³-hybridized carbons (Fsp3) is 0.132. The number of urea groups is 1. The van der Waals surface area contributed by atoms with Crippen molar-refractivity contribution in [2.75, 3.05) is 12.0 Å². The monoisotopic (exact) mass is 738 g/mol. The van der Waals surface area contributed by atoms with Crippen molar-refractivity contribution in [2.45, 2.75) is 27.1 Å². The number of barbiturate groups is 1. The van der Waals surface area contributed by atoms with Crippen LogP contribution in [0.25, 0.3) is 16.8 Å². The van der Waals surface area contributed by atoms with E-state index in [2.05, 4.69) is 59.1 Å². The number of anilines is 1. The van der Waals surface area contributed by atoms with Gasteiger partial charge < -0.3 is 14.2 Å². The summed E-state index contributed by atoms with van der Waals surface area (Å²) in [5, 5.41) is 4.53. The van der Waals surface area contributed by atoms with Gasteiger partial charge in [0.1, 0.15) is 24.5 Å². The summed E-state index contributed by atoms with van der Waals surface area (Å²) in [7, 11) is 1.53. The zero-order valence-corrected chi connectivity index (χ0v) is 28.2. The van der Waals surface area contributed by atoms with Crippen molar-refractivity contribution in [3.63, 3.8) is 0 Å². The minimum atomic E-state index is -0.829. The summed E-state index contributed by atoms with van der Waals surface area (Å²) in [6.45, 7) is 4.78. The summed E-state index contributed by atoms with van der Waals surface area (Å²) in [6.07, 6.45) is 1.44. The summed E-state index contributed by atoms with van der Waals surface area (Å²) in [6, 6.07) is 29.6. The van der Waals surface area contributed by atoms with Crippen LogP contribution in [-0.2, 0) is 22.8 Å². The molecule has 0 saturated carbocycles. The number of hydrogen-bond acceptors (Lipinski definition) is 6. The number of carbonyl (C=O) groups is 3. The van der Waals surface area contributed by atoms with Crippen LogP contribution in [0.1, 0.15) is 27.8 Å². The number of rotatable bonds is 9. The largest absolute Gasteiger partial charge is 0.493 e. The lowest BCUT2D eigenvalue weighted by atomic mass is 10.0. The molecule has 0 aliphatic carbocycles. The molecule has 0 aromatic heterocycles. The topological polar surface area (TPSA) is 94.2 Å². The maximum atomic E-state index is 13.6. The quantitative estimate of drug-likeness (QED) is 0.0940. The summed E-state index contributed by atoms with van der Waals surface area (Å²) in [5.41, 5.74) is 5.01. The molecule has 0 radical (unpaired) electrons. The predicted octanol–water partition coefficient (Wildman–Crippen LogP) is 7.89. The van der Waals surface area contributed by atoms with Crippen LogP contribution in [0, 0.1) is 17.4 Å². The average Bonchev–Trinajstić information content (AvgIpc) is 3.07. The third kappa shape index (κ3) is 6.85. The Hall–Kier alpha value is -5.16.